The summed E-state index contributed by atoms with van der Waals surface area (Å²) in [7, 11) is 0. The Morgan fingerprint density at radius 3 is 2.62 bits per heavy atom. The zero-order valence-electron chi connectivity index (χ0n) is 16.7. The molecule has 0 aliphatic carbocycles. The summed E-state index contributed by atoms with van der Waals surface area (Å²) in [5.41, 5.74) is 0.420. The smallest absolute Gasteiger partial charge is 0.258 e. The van der Waals surface area contributed by atoms with E-state index < -0.39 is 0 Å². The maximum atomic E-state index is 12.8. The summed E-state index contributed by atoms with van der Waals surface area (Å²) in [5.74, 6) is -0.0461. The van der Waals surface area contributed by atoms with E-state index in [-0.39, 0.29) is 24.5 Å². The predicted molar refractivity (Wildman–Crippen MR) is 112 cm³/mol. The molecule has 2 amide bonds. The molecule has 0 atom stereocenters. The van der Waals surface area contributed by atoms with Gasteiger partial charge in [0.05, 0.1) is 11.9 Å². The zero-order chi connectivity index (χ0) is 20.6. The van der Waals surface area contributed by atoms with E-state index >= 15 is 0 Å². The van der Waals surface area contributed by atoms with Crippen LogP contribution in [0.3, 0.4) is 0 Å². The van der Waals surface area contributed by atoms with Gasteiger partial charge in [-0.05, 0) is 43.2 Å². The van der Waals surface area contributed by atoms with Crippen LogP contribution in [0.4, 0.5) is 0 Å². The Morgan fingerprint density at radius 2 is 1.93 bits per heavy atom. The highest BCUT2D eigenvalue weighted by Gasteiger charge is 2.15. The lowest BCUT2D eigenvalue weighted by atomic mass is 10.1. The van der Waals surface area contributed by atoms with Gasteiger partial charge in [0, 0.05) is 31.5 Å². The monoisotopic (exact) mass is 394 g/mol. The number of rotatable bonds is 9. The number of imidazole rings is 1. The van der Waals surface area contributed by atoms with Crippen LogP contribution in [0.1, 0.15) is 30.6 Å². The van der Waals surface area contributed by atoms with Gasteiger partial charge in [-0.2, -0.15) is 0 Å². The molecule has 0 bridgehead atoms. The van der Waals surface area contributed by atoms with Crippen LogP contribution in [0.2, 0.25) is 0 Å². The van der Waals surface area contributed by atoms with Crippen LogP contribution in [-0.2, 0) is 11.3 Å². The predicted octanol–water partition coefficient (Wildman–Crippen LogP) is 2.76. The third kappa shape index (κ3) is 5.81. The Morgan fingerprint density at radius 1 is 1.17 bits per heavy atom. The third-order valence-electron chi connectivity index (χ3n) is 4.34. The van der Waals surface area contributed by atoms with Crippen molar-refractivity contribution in [3.05, 3.63) is 60.7 Å². The average Bonchev–Trinajstić information content (AvgIpc) is 3.22. The SMILES string of the molecule is CC(C)NC(=O)COc1cc2ccccc2cc1C(=O)NCCCn1ccnc1. The topological polar surface area (TPSA) is 85.2 Å². The molecule has 152 valence electrons. The highest BCUT2D eigenvalue weighted by Crippen LogP contribution is 2.26. The lowest BCUT2D eigenvalue weighted by Crippen LogP contribution is -2.34. The van der Waals surface area contributed by atoms with E-state index in [1.807, 2.05) is 48.9 Å². The van der Waals surface area contributed by atoms with Crippen LogP contribution < -0.4 is 15.4 Å². The molecule has 0 unspecified atom stereocenters. The summed E-state index contributed by atoms with van der Waals surface area (Å²) >= 11 is 0. The van der Waals surface area contributed by atoms with Gasteiger partial charge in [0.15, 0.2) is 6.61 Å². The van der Waals surface area contributed by atoms with Crippen LogP contribution >= 0.6 is 0 Å². The first-order valence-corrected chi connectivity index (χ1v) is 9.72. The Bertz CT molecular complexity index is 967. The molecule has 0 radical (unpaired) electrons. The summed E-state index contributed by atoms with van der Waals surface area (Å²) in [6.07, 6.45) is 6.15. The minimum atomic E-state index is -0.222. The van der Waals surface area contributed by atoms with Gasteiger partial charge in [-0.3, -0.25) is 9.59 Å². The van der Waals surface area contributed by atoms with Crippen molar-refractivity contribution in [2.45, 2.75) is 32.9 Å². The molecule has 0 fully saturated rings. The quantitative estimate of drug-likeness (QED) is 0.547. The number of hydrogen-bond acceptors (Lipinski definition) is 4. The van der Waals surface area contributed by atoms with Crippen molar-refractivity contribution >= 4 is 22.6 Å². The molecule has 7 heteroatoms. The Kier molecular flexibility index (Phi) is 6.84. The number of nitrogens with zero attached hydrogens (tertiary/aromatic N) is 2. The molecule has 1 aromatic heterocycles. The summed E-state index contributed by atoms with van der Waals surface area (Å²) in [5, 5.41) is 7.60. The molecule has 0 aliphatic heterocycles. The molecule has 0 aliphatic rings. The van der Waals surface area contributed by atoms with Crippen LogP contribution in [0.25, 0.3) is 10.8 Å². The van der Waals surface area contributed by atoms with Gasteiger partial charge in [0.25, 0.3) is 11.8 Å². The van der Waals surface area contributed by atoms with Crippen LogP contribution in [0.5, 0.6) is 5.75 Å². The Balaban J connectivity index is 1.69. The van der Waals surface area contributed by atoms with Crippen molar-refractivity contribution in [2.24, 2.45) is 0 Å². The van der Waals surface area contributed by atoms with Gasteiger partial charge in [0.2, 0.25) is 0 Å². The van der Waals surface area contributed by atoms with Crippen molar-refractivity contribution in [1.82, 2.24) is 20.2 Å². The van der Waals surface area contributed by atoms with Crippen molar-refractivity contribution < 1.29 is 14.3 Å². The second-order valence-electron chi connectivity index (χ2n) is 7.12. The maximum absolute atomic E-state index is 12.8. The molecule has 0 saturated carbocycles. The van der Waals surface area contributed by atoms with Crippen molar-refractivity contribution in [3.8, 4) is 5.75 Å². The van der Waals surface area contributed by atoms with Gasteiger partial charge in [-0.15, -0.1) is 0 Å². The second kappa shape index (κ2) is 9.73. The highest BCUT2D eigenvalue weighted by molar-refractivity contribution is 6.01. The normalized spacial score (nSPS) is 10.9. The number of fused-ring (bicyclic) bond motifs is 1. The van der Waals surface area contributed by atoms with Crippen molar-refractivity contribution in [3.63, 3.8) is 0 Å². The standard InChI is InChI=1S/C22H26N4O3/c1-16(2)25-21(27)14-29-20-13-18-7-4-3-6-17(18)12-19(20)22(28)24-8-5-10-26-11-9-23-15-26/h3-4,6-7,9,11-13,15-16H,5,8,10,14H2,1-2H3,(H,24,28)(H,25,27). The molecule has 7 nitrogen and oxygen atoms in total. The van der Waals surface area contributed by atoms with Gasteiger partial charge >= 0.3 is 0 Å². The number of carbonyl (C=O) groups excluding carboxylic acids is 2. The molecule has 0 saturated heterocycles. The third-order valence-corrected chi connectivity index (χ3v) is 4.34. The summed E-state index contributed by atoms with van der Waals surface area (Å²) in [6.45, 7) is 4.93. The van der Waals surface area contributed by atoms with E-state index in [4.69, 9.17) is 4.74 Å². The molecule has 3 aromatic rings. The van der Waals surface area contributed by atoms with E-state index in [9.17, 15) is 9.59 Å². The molecule has 0 spiro atoms. The lowest BCUT2D eigenvalue weighted by molar-refractivity contribution is -0.123. The van der Waals surface area contributed by atoms with E-state index in [1.54, 1.807) is 24.7 Å². The minimum Gasteiger partial charge on any atom is -0.483 e. The van der Waals surface area contributed by atoms with Gasteiger partial charge in [-0.25, -0.2) is 4.98 Å². The van der Waals surface area contributed by atoms with Crippen LogP contribution in [0, 0.1) is 0 Å². The van der Waals surface area contributed by atoms with Crippen LogP contribution in [0.15, 0.2) is 55.1 Å². The number of aryl methyl sites for hydroxylation is 1. The van der Waals surface area contributed by atoms with Crippen LogP contribution in [-0.4, -0.2) is 40.6 Å². The molecule has 2 aromatic carbocycles. The largest absolute Gasteiger partial charge is 0.483 e. The fraction of sp³-hybridized carbons (Fsp3) is 0.318. The maximum Gasteiger partial charge on any atom is 0.258 e. The first-order valence-electron chi connectivity index (χ1n) is 9.72. The van der Waals surface area contributed by atoms with Gasteiger partial charge in [-0.1, -0.05) is 24.3 Å². The molecular weight excluding hydrogens is 368 g/mol. The first-order chi connectivity index (χ1) is 14.0. The van der Waals surface area contributed by atoms with Crippen molar-refractivity contribution in [1.29, 1.82) is 0 Å². The summed E-state index contributed by atoms with van der Waals surface area (Å²) < 4.78 is 7.67. The Labute approximate surface area is 170 Å². The zero-order valence-corrected chi connectivity index (χ0v) is 16.7. The highest BCUT2D eigenvalue weighted by atomic mass is 16.5. The number of benzene rings is 2. The summed E-state index contributed by atoms with van der Waals surface area (Å²) in [6, 6.07) is 11.4. The molecule has 2 N–H and O–H groups in total. The number of carbonyl (C=O) groups is 2. The molecule has 3 rings (SSSR count). The molecule has 29 heavy (non-hydrogen) atoms. The van der Waals surface area contributed by atoms with E-state index in [0.29, 0.717) is 17.9 Å². The lowest BCUT2D eigenvalue weighted by Gasteiger charge is -2.14. The fourth-order valence-electron chi connectivity index (χ4n) is 3.00. The Hall–Kier alpha value is -3.35. The number of nitrogens with one attached hydrogen (secondary N) is 2. The minimum absolute atomic E-state index is 0.0287. The summed E-state index contributed by atoms with van der Waals surface area (Å²) in [4.78, 5) is 28.7. The number of amides is 2. The van der Waals surface area contributed by atoms with E-state index in [2.05, 4.69) is 15.6 Å². The van der Waals surface area contributed by atoms with Gasteiger partial charge < -0.3 is 19.9 Å². The van der Waals surface area contributed by atoms with E-state index in [0.717, 1.165) is 23.7 Å². The molecular formula is C22H26N4O3. The van der Waals surface area contributed by atoms with Gasteiger partial charge in [0.1, 0.15) is 5.75 Å². The second-order valence-corrected chi connectivity index (χ2v) is 7.12. The first kappa shape index (κ1) is 20.4. The number of ether oxygens (including phenoxy) is 1. The van der Waals surface area contributed by atoms with Crippen molar-refractivity contribution in [2.75, 3.05) is 13.2 Å². The molecule has 1 heterocycles. The fourth-order valence-corrected chi connectivity index (χ4v) is 3.00. The average molecular weight is 394 g/mol. The number of hydrogen-bond donors (Lipinski definition) is 2. The van der Waals surface area contributed by atoms with E-state index in [1.165, 1.54) is 0 Å². The number of aromatic nitrogens is 2.